The van der Waals surface area contributed by atoms with Crippen LogP contribution in [0.15, 0.2) is 48.5 Å². The molecule has 0 spiro atoms. The van der Waals surface area contributed by atoms with Crippen molar-refractivity contribution in [3.8, 4) is 17.2 Å². The highest BCUT2D eigenvalue weighted by molar-refractivity contribution is 5.87. The third-order valence-electron chi connectivity index (χ3n) is 3.81. The third-order valence-corrected chi connectivity index (χ3v) is 3.81. The van der Waals surface area contributed by atoms with Crippen molar-refractivity contribution in [1.29, 1.82) is 0 Å². The molecular formula is C22H24O6. The number of rotatable bonds is 9. The number of ether oxygens (including phenoxy) is 4. The molecule has 0 unspecified atom stereocenters. The van der Waals surface area contributed by atoms with E-state index in [1.54, 1.807) is 24.3 Å². The van der Waals surface area contributed by atoms with Crippen LogP contribution in [0.1, 0.15) is 24.0 Å². The first-order valence-corrected chi connectivity index (χ1v) is 8.86. The monoisotopic (exact) mass is 384 g/mol. The van der Waals surface area contributed by atoms with Gasteiger partial charge in [-0.25, -0.2) is 4.79 Å². The molecule has 0 aromatic heterocycles. The number of hydrogen-bond donors (Lipinski definition) is 0. The summed E-state index contributed by atoms with van der Waals surface area (Å²) < 4.78 is 20.8. The third kappa shape index (κ3) is 6.79. The van der Waals surface area contributed by atoms with E-state index in [0.29, 0.717) is 30.1 Å². The fourth-order valence-corrected chi connectivity index (χ4v) is 2.39. The lowest BCUT2D eigenvalue weighted by Crippen LogP contribution is -2.10. The minimum absolute atomic E-state index is 0.221. The Balaban J connectivity index is 1.85. The van der Waals surface area contributed by atoms with Crippen molar-refractivity contribution in [3.05, 3.63) is 59.7 Å². The van der Waals surface area contributed by atoms with Crippen molar-refractivity contribution < 1.29 is 28.5 Å². The Hall–Kier alpha value is -3.28. The van der Waals surface area contributed by atoms with Gasteiger partial charge in [-0.15, -0.1) is 0 Å². The molecule has 0 N–H and O–H groups in total. The van der Waals surface area contributed by atoms with Crippen LogP contribution in [0.25, 0.3) is 6.08 Å². The number of carbonyl (C=O) groups excluding carboxylic acids is 2. The van der Waals surface area contributed by atoms with Crippen LogP contribution in [0.2, 0.25) is 0 Å². The van der Waals surface area contributed by atoms with Crippen molar-refractivity contribution in [3.63, 3.8) is 0 Å². The highest BCUT2D eigenvalue weighted by atomic mass is 16.6. The lowest BCUT2D eigenvalue weighted by molar-refractivity contribution is -0.135. The molecule has 28 heavy (non-hydrogen) atoms. The molecule has 6 heteroatoms. The number of benzene rings is 2. The van der Waals surface area contributed by atoms with Crippen LogP contribution in [0.3, 0.4) is 0 Å². The zero-order valence-electron chi connectivity index (χ0n) is 16.3. The molecule has 0 saturated carbocycles. The predicted molar refractivity (Wildman–Crippen MR) is 106 cm³/mol. The molecule has 0 fully saturated rings. The second-order valence-corrected chi connectivity index (χ2v) is 6.01. The predicted octanol–water partition coefficient (Wildman–Crippen LogP) is 3.95. The fourth-order valence-electron chi connectivity index (χ4n) is 2.39. The van der Waals surface area contributed by atoms with Crippen LogP contribution in [-0.4, -0.2) is 32.8 Å². The van der Waals surface area contributed by atoms with Crippen LogP contribution in [0.5, 0.6) is 17.2 Å². The van der Waals surface area contributed by atoms with Gasteiger partial charge < -0.3 is 18.9 Å². The minimum atomic E-state index is -0.456. The minimum Gasteiger partial charge on any atom is -0.494 e. The Kier molecular flexibility index (Phi) is 8.09. The molecule has 0 atom stereocenters. The van der Waals surface area contributed by atoms with Gasteiger partial charge >= 0.3 is 11.9 Å². The molecule has 2 aromatic carbocycles. The van der Waals surface area contributed by atoms with E-state index in [1.807, 2.05) is 31.2 Å². The van der Waals surface area contributed by atoms with E-state index in [1.165, 1.54) is 20.3 Å². The van der Waals surface area contributed by atoms with Crippen LogP contribution >= 0.6 is 0 Å². The Morgan fingerprint density at radius 2 is 1.86 bits per heavy atom. The highest BCUT2D eigenvalue weighted by Crippen LogP contribution is 2.29. The van der Waals surface area contributed by atoms with Gasteiger partial charge in [0.05, 0.1) is 20.8 Å². The van der Waals surface area contributed by atoms with Gasteiger partial charge in [-0.3, -0.25) is 4.79 Å². The lowest BCUT2D eigenvalue weighted by atomic mass is 10.2. The molecule has 2 rings (SSSR count). The Labute approximate surface area is 164 Å². The normalized spacial score (nSPS) is 10.5. The molecule has 6 nitrogen and oxygen atoms in total. The molecule has 0 radical (unpaired) electrons. The molecular weight excluding hydrogens is 360 g/mol. The zero-order chi connectivity index (χ0) is 20.4. The van der Waals surface area contributed by atoms with Gasteiger partial charge in [0, 0.05) is 12.5 Å². The maximum Gasteiger partial charge on any atom is 0.330 e. The Bertz CT molecular complexity index is 841. The van der Waals surface area contributed by atoms with E-state index in [4.69, 9.17) is 14.2 Å². The van der Waals surface area contributed by atoms with E-state index >= 15 is 0 Å². The maximum atomic E-state index is 12.1. The van der Waals surface area contributed by atoms with Crippen LogP contribution in [-0.2, 0) is 14.3 Å². The topological polar surface area (TPSA) is 71.1 Å². The summed E-state index contributed by atoms with van der Waals surface area (Å²) >= 11 is 0. The van der Waals surface area contributed by atoms with Crippen molar-refractivity contribution in [2.24, 2.45) is 0 Å². The molecule has 0 bridgehead atoms. The van der Waals surface area contributed by atoms with Gasteiger partial charge in [-0.05, 0) is 54.8 Å². The fraction of sp³-hybridized carbons (Fsp3) is 0.273. The Morgan fingerprint density at radius 1 is 1.04 bits per heavy atom. The summed E-state index contributed by atoms with van der Waals surface area (Å²) in [6.45, 7) is 2.42. The van der Waals surface area contributed by atoms with E-state index in [2.05, 4.69) is 4.74 Å². The van der Waals surface area contributed by atoms with Crippen molar-refractivity contribution in [2.45, 2.75) is 19.8 Å². The van der Waals surface area contributed by atoms with Crippen LogP contribution in [0, 0.1) is 6.92 Å². The Morgan fingerprint density at radius 3 is 2.57 bits per heavy atom. The highest BCUT2D eigenvalue weighted by Gasteiger charge is 2.11. The number of aryl methyl sites for hydroxylation is 1. The van der Waals surface area contributed by atoms with Gasteiger partial charge in [0.2, 0.25) is 0 Å². The van der Waals surface area contributed by atoms with Gasteiger partial charge in [-0.1, -0.05) is 18.2 Å². The smallest absolute Gasteiger partial charge is 0.330 e. The number of methoxy groups -OCH3 is 2. The molecule has 0 aliphatic heterocycles. The summed E-state index contributed by atoms with van der Waals surface area (Å²) in [6.07, 6.45) is 3.64. The summed E-state index contributed by atoms with van der Waals surface area (Å²) in [5, 5.41) is 0. The summed E-state index contributed by atoms with van der Waals surface area (Å²) in [4.78, 5) is 23.2. The first kappa shape index (κ1) is 21.0. The summed E-state index contributed by atoms with van der Waals surface area (Å²) in [7, 11) is 2.79. The average Bonchev–Trinajstić information content (AvgIpc) is 2.70. The van der Waals surface area contributed by atoms with Crippen molar-refractivity contribution >= 4 is 18.0 Å². The summed E-state index contributed by atoms with van der Waals surface area (Å²) in [5.41, 5.74) is 1.84. The zero-order valence-corrected chi connectivity index (χ0v) is 16.3. The maximum absolute atomic E-state index is 12.1. The second kappa shape index (κ2) is 10.8. The molecule has 148 valence electrons. The number of esters is 2. The largest absolute Gasteiger partial charge is 0.494 e. The molecule has 2 aromatic rings. The van der Waals surface area contributed by atoms with E-state index in [9.17, 15) is 9.59 Å². The summed E-state index contributed by atoms with van der Waals surface area (Å²) in [5.74, 6) is 0.677. The summed E-state index contributed by atoms with van der Waals surface area (Å²) in [6, 6.07) is 12.8. The molecule has 0 aliphatic carbocycles. The van der Waals surface area contributed by atoms with Crippen LogP contribution in [0.4, 0.5) is 0 Å². The number of hydrogen-bond acceptors (Lipinski definition) is 6. The first-order valence-electron chi connectivity index (χ1n) is 8.86. The van der Waals surface area contributed by atoms with Gasteiger partial charge in [-0.2, -0.15) is 0 Å². The van der Waals surface area contributed by atoms with Gasteiger partial charge in [0.25, 0.3) is 0 Å². The van der Waals surface area contributed by atoms with Crippen molar-refractivity contribution in [1.82, 2.24) is 0 Å². The molecule has 0 heterocycles. The van der Waals surface area contributed by atoms with Crippen molar-refractivity contribution in [2.75, 3.05) is 20.8 Å². The van der Waals surface area contributed by atoms with E-state index < -0.39 is 5.97 Å². The van der Waals surface area contributed by atoms with E-state index in [-0.39, 0.29) is 12.4 Å². The molecule has 0 saturated heterocycles. The molecule has 0 aliphatic rings. The van der Waals surface area contributed by atoms with Gasteiger partial charge in [0.1, 0.15) is 5.75 Å². The van der Waals surface area contributed by atoms with Gasteiger partial charge in [0.15, 0.2) is 11.5 Å². The second-order valence-electron chi connectivity index (χ2n) is 6.01. The first-order chi connectivity index (χ1) is 13.5. The van der Waals surface area contributed by atoms with E-state index in [0.717, 1.165) is 11.3 Å². The average molecular weight is 384 g/mol. The van der Waals surface area contributed by atoms with Crippen LogP contribution < -0.4 is 14.2 Å². The lowest BCUT2D eigenvalue weighted by Gasteiger charge is -2.10. The molecule has 0 amide bonds. The number of carbonyl (C=O) groups is 2. The SMILES string of the molecule is COC(=O)/C=C/c1ccc(OC(=O)CCCOc2cccc(C)c2)c(OC)c1. The standard InChI is InChI=1S/C22H24O6/c1-16-6-4-7-18(14-16)27-13-5-8-22(24)28-19-11-9-17(15-20(19)25-2)10-12-21(23)26-3/h4,6-7,9-12,14-15H,5,8,13H2,1-3H3/b12-10+. The quantitative estimate of drug-likeness (QED) is 0.282.